The number of rotatable bonds is 0. The van der Waals surface area contributed by atoms with Crippen molar-refractivity contribution in [3.8, 4) is 0 Å². The minimum atomic E-state index is -1.15. The molecule has 1 heterocycles. The molecular weight excluding hydrogens is 298 g/mol. The molecule has 0 saturated heterocycles. The van der Waals surface area contributed by atoms with Crippen molar-refractivity contribution in [2.45, 2.75) is 11.9 Å². The molecule has 0 radical (unpaired) electrons. The fourth-order valence-electron chi connectivity index (χ4n) is 2.05. The van der Waals surface area contributed by atoms with E-state index in [0.717, 1.165) is 0 Å². The van der Waals surface area contributed by atoms with E-state index in [1.54, 1.807) is 3.61 Å². The average molecular weight is 311 g/mol. The van der Waals surface area contributed by atoms with Crippen LogP contribution in [-0.4, -0.2) is 22.8 Å². The Morgan fingerprint density at radius 2 is 1.87 bits per heavy atom. The predicted octanol–water partition coefficient (Wildman–Crippen LogP) is 2.33. The van der Waals surface area contributed by atoms with E-state index in [1.165, 1.54) is 20.1 Å². The molecule has 2 aromatic rings. The Kier molecular flexibility index (Phi) is 2.09. The normalized spacial score (nSPS) is 15.5. The average Bonchev–Trinajstić information content (AvgIpc) is 2.56. The molecule has 0 unspecified atom stereocenters. The van der Waals surface area contributed by atoms with Gasteiger partial charge in [-0.2, -0.15) is 0 Å². The summed E-state index contributed by atoms with van der Waals surface area (Å²) in [5.41, 5.74) is 1.38. The summed E-state index contributed by atoms with van der Waals surface area (Å²) < 4.78 is 3.11. The summed E-state index contributed by atoms with van der Waals surface area (Å²) in [5.74, 6) is 0. The number of benzene rings is 2. The van der Waals surface area contributed by atoms with E-state index in [9.17, 15) is 0 Å². The van der Waals surface area contributed by atoms with Crippen molar-refractivity contribution in [1.29, 1.82) is 0 Å². The number of fused-ring (bicyclic) bond motifs is 3. The standard InChI is InChI=1S/C13H13NTe/c1-9-14-13-11-6-4-3-5-10(11)7-8-12(13)15(9)2/h3-8,14H,1-2H3. The van der Waals surface area contributed by atoms with Crippen LogP contribution in [0.2, 0.25) is 4.97 Å². The van der Waals surface area contributed by atoms with Crippen molar-refractivity contribution in [3.05, 3.63) is 36.4 Å². The molecule has 0 fully saturated rings. The van der Waals surface area contributed by atoms with Crippen LogP contribution in [0, 0.1) is 0 Å². The maximum atomic E-state index is 3.58. The molecular formula is C13H13NTe. The first-order chi connectivity index (χ1) is 7.27. The predicted molar refractivity (Wildman–Crippen MR) is 69.5 cm³/mol. The second-order valence-electron chi connectivity index (χ2n) is 3.85. The Labute approximate surface area is 96.2 Å². The van der Waals surface area contributed by atoms with E-state index in [1.807, 2.05) is 0 Å². The van der Waals surface area contributed by atoms with Crippen molar-refractivity contribution < 1.29 is 0 Å². The third kappa shape index (κ3) is 1.33. The Balaban J connectivity index is 2.38. The molecule has 0 amide bonds. The first-order valence-corrected chi connectivity index (χ1v) is 9.72. The first-order valence-electron chi connectivity index (χ1n) is 5.05. The summed E-state index contributed by atoms with van der Waals surface area (Å²) in [6.45, 7) is 2.24. The summed E-state index contributed by atoms with van der Waals surface area (Å²) in [4.78, 5) is 2.42. The van der Waals surface area contributed by atoms with Gasteiger partial charge in [-0.15, -0.1) is 0 Å². The van der Waals surface area contributed by atoms with Crippen molar-refractivity contribution in [3.63, 3.8) is 0 Å². The fourth-order valence-corrected chi connectivity index (χ4v) is 5.83. The van der Waals surface area contributed by atoms with Crippen molar-refractivity contribution in [1.82, 2.24) is 0 Å². The third-order valence-corrected chi connectivity index (χ3v) is 8.75. The Morgan fingerprint density at radius 1 is 1.07 bits per heavy atom. The van der Waals surface area contributed by atoms with Gasteiger partial charge in [0, 0.05) is 0 Å². The van der Waals surface area contributed by atoms with Crippen LogP contribution in [0.3, 0.4) is 0 Å². The molecule has 0 aliphatic carbocycles. The molecule has 0 aromatic heterocycles. The quantitative estimate of drug-likeness (QED) is 0.737. The van der Waals surface area contributed by atoms with E-state index in [4.69, 9.17) is 0 Å². The van der Waals surface area contributed by atoms with E-state index in [-0.39, 0.29) is 0 Å². The van der Waals surface area contributed by atoms with Crippen LogP contribution in [0.1, 0.15) is 6.92 Å². The minimum absolute atomic E-state index is 1.15. The molecule has 0 spiro atoms. The van der Waals surface area contributed by atoms with Gasteiger partial charge in [0.2, 0.25) is 0 Å². The summed E-state index contributed by atoms with van der Waals surface area (Å²) in [5, 5.41) is 6.29. The third-order valence-electron chi connectivity index (χ3n) is 2.98. The van der Waals surface area contributed by atoms with Gasteiger partial charge < -0.3 is 0 Å². The van der Waals surface area contributed by atoms with Crippen LogP contribution in [0.25, 0.3) is 10.8 Å². The second-order valence-corrected chi connectivity index (χ2v) is 9.77. The molecule has 2 aromatic carbocycles. The number of hydrogen-bond donors (Lipinski definition) is 1. The van der Waals surface area contributed by atoms with Gasteiger partial charge in [-0.1, -0.05) is 0 Å². The molecule has 1 N–H and O–H groups in total. The zero-order valence-corrected chi connectivity index (χ0v) is 11.2. The van der Waals surface area contributed by atoms with Crippen molar-refractivity contribution in [2.24, 2.45) is 0 Å². The van der Waals surface area contributed by atoms with Crippen molar-refractivity contribution in [2.75, 3.05) is 5.32 Å². The van der Waals surface area contributed by atoms with Crippen LogP contribution in [-0.2, 0) is 0 Å². The van der Waals surface area contributed by atoms with Crippen LogP contribution < -0.4 is 8.93 Å². The SMILES string of the molecule is CC1=[Te](C)c2ccc3ccccc3c2N1. The first kappa shape index (κ1) is 9.39. The van der Waals surface area contributed by atoms with Gasteiger partial charge in [0.1, 0.15) is 0 Å². The zero-order valence-electron chi connectivity index (χ0n) is 8.87. The summed E-state index contributed by atoms with van der Waals surface area (Å²) in [6, 6.07) is 13.2. The van der Waals surface area contributed by atoms with Gasteiger partial charge in [0.15, 0.2) is 0 Å². The summed E-state index contributed by atoms with van der Waals surface area (Å²) in [6.07, 6.45) is 0. The fraction of sp³-hybridized carbons (Fsp3) is 0.154. The topological polar surface area (TPSA) is 12.0 Å². The van der Waals surface area contributed by atoms with E-state index in [0.29, 0.717) is 0 Å². The molecule has 1 nitrogen and oxygen atoms in total. The molecule has 1 aliphatic rings. The van der Waals surface area contributed by atoms with Crippen LogP contribution in [0.15, 0.2) is 36.4 Å². The number of hydrogen-bond acceptors (Lipinski definition) is 1. The van der Waals surface area contributed by atoms with E-state index in [2.05, 4.69) is 53.6 Å². The van der Waals surface area contributed by atoms with Crippen LogP contribution in [0.4, 0.5) is 5.69 Å². The summed E-state index contributed by atoms with van der Waals surface area (Å²) >= 11 is -1.15. The zero-order chi connectivity index (χ0) is 10.4. The van der Waals surface area contributed by atoms with Gasteiger partial charge >= 0.3 is 96.4 Å². The van der Waals surface area contributed by atoms with Crippen LogP contribution >= 0.6 is 0 Å². The van der Waals surface area contributed by atoms with Gasteiger partial charge in [-0.3, -0.25) is 0 Å². The maximum absolute atomic E-state index is 3.58. The molecule has 15 heavy (non-hydrogen) atoms. The molecule has 0 atom stereocenters. The van der Waals surface area contributed by atoms with Gasteiger partial charge in [0.05, 0.1) is 0 Å². The Morgan fingerprint density at radius 3 is 2.73 bits per heavy atom. The monoisotopic (exact) mass is 313 g/mol. The van der Waals surface area contributed by atoms with Gasteiger partial charge in [-0.05, 0) is 0 Å². The van der Waals surface area contributed by atoms with Crippen LogP contribution in [0.5, 0.6) is 0 Å². The summed E-state index contributed by atoms with van der Waals surface area (Å²) in [7, 11) is 0. The Hall–Kier alpha value is -0.840. The molecule has 0 bridgehead atoms. The molecule has 3 rings (SSSR count). The van der Waals surface area contributed by atoms with E-state index >= 15 is 0 Å². The van der Waals surface area contributed by atoms with Gasteiger partial charge in [0.25, 0.3) is 0 Å². The number of nitrogens with one attached hydrogen (secondary N) is 1. The number of anilines is 1. The molecule has 2 heteroatoms. The molecule has 0 saturated carbocycles. The Bertz CT molecular complexity index is 584. The second kappa shape index (κ2) is 3.33. The molecule has 76 valence electrons. The van der Waals surface area contributed by atoms with Crippen molar-refractivity contribution >= 4 is 42.8 Å². The van der Waals surface area contributed by atoms with E-state index < -0.39 is 19.1 Å². The van der Waals surface area contributed by atoms with Gasteiger partial charge in [-0.25, -0.2) is 0 Å². The molecule has 1 aliphatic heterocycles.